The van der Waals surface area contributed by atoms with Crippen LogP contribution >= 0.6 is 0 Å². The van der Waals surface area contributed by atoms with Gasteiger partial charge >= 0.3 is 5.97 Å². The third-order valence-corrected chi connectivity index (χ3v) is 2.53. The van der Waals surface area contributed by atoms with Gasteiger partial charge in [-0.15, -0.1) is 0 Å². The fourth-order valence-electron chi connectivity index (χ4n) is 1.59. The molecule has 0 saturated carbocycles. The molecule has 0 amide bonds. The normalized spacial score (nSPS) is 10.1. The number of unbranched alkanes of at least 4 members (excludes halogenated alkanes) is 3. The summed E-state index contributed by atoms with van der Waals surface area (Å²) in [5.74, 6) is -0.646. The van der Waals surface area contributed by atoms with Crippen molar-refractivity contribution in [3.05, 3.63) is 30.1 Å². The first-order chi connectivity index (χ1) is 8.20. The Morgan fingerprint density at radius 2 is 1.82 bits per heavy atom. The fourth-order valence-corrected chi connectivity index (χ4v) is 1.59. The summed E-state index contributed by atoms with van der Waals surface area (Å²) in [6.07, 6.45) is 7.22. The number of carbonyl (C=O) groups excluding carboxylic acids is 1. The number of carbonyl (C=O) groups is 2. The minimum atomic E-state index is -0.753. The predicted molar refractivity (Wildman–Crippen MR) is 63.9 cm³/mol. The third kappa shape index (κ3) is 5.80. The molecule has 4 nitrogen and oxygen atoms in total. The Labute approximate surface area is 101 Å². The van der Waals surface area contributed by atoms with Crippen molar-refractivity contribution < 1.29 is 14.7 Å². The van der Waals surface area contributed by atoms with Crippen LogP contribution in [0.1, 0.15) is 48.9 Å². The second-order valence-corrected chi connectivity index (χ2v) is 3.97. The molecule has 0 aliphatic carbocycles. The van der Waals surface area contributed by atoms with Gasteiger partial charge in [0.1, 0.15) is 0 Å². The highest BCUT2D eigenvalue weighted by Gasteiger charge is 2.04. The number of carboxylic acids is 1. The number of rotatable bonds is 8. The van der Waals surface area contributed by atoms with Crippen LogP contribution in [0.3, 0.4) is 0 Å². The number of Topliss-reactive ketones (excluding diaryl/α,β-unsaturated/α-hetero) is 1. The SMILES string of the molecule is O=C(O)CCCCCCC(=O)c1cccnc1. The molecule has 0 fully saturated rings. The number of hydrogen-bond acceptors (Lipinski definition) is 3. The average Bonchev–Trinajstić information content (AvgIpc) is 2.34. The molecule has 0 spiro atoms. The first-order valence-electron chi connectivity index (χ1n) is 5.85. The lowest BCUT2D eigenvalue weighted by molar-refractivity contribution is -0.137. The molecule has 0 aliphatic rings. The zero-order chi connectivity index (χ0) is 12.5. The number of hydrogen-bond donors (Lipinski definition) is 1. The lowest BCUT2D eigenvalue weighted by Gasteiger charge is -2.00. The highest BCUT2D eigenvalue weighted by molar-refractivity contribution is 5.95. The first kappa shape index (κ1) is 13.4. The van der Waals surface area contributed by atoms with Gasteiger partial charge in [-0.1, -0.05) is 12.8 Å². The van der Waals surface area contributed by atoms with Crippen LogP contribution in [0.15, 0.2) is 24.5 Å². The Hall–Kier alpha value is -1.71. The van der Waals surface area contributed by atoms with Gasteiger partial charge in [0, 0.05) is 30.8 Å². The Balaban J connectivity index is 2.11. The Bertz CT molecular complexity index is 362. The van der Waals surface area contributed by atoms with Crippen LogP contribution in [0.4, 0.5) is 0 Å². The molecule has 0 aromatic carbocycles. The van der Waals surface area contributed by atoms with E-state index in [4.69, 9.17) is 5.11 Å². The number of aromatic nitrogens is 1. The number of pyridine rings is 1. The summed E-state index contributed by atoms with van der Waals surface area (Å²) < 4.78 is 0. The van der Waals surface area contributed by atoms with E-state index in [1.54, 1.807) is 24.5 Å². The Morgan fingerprint density at radius 1 is 1.12 bits per heavy atom. The summed E-state index contributed by atoms with van der Waals surface area (Å²) in [6, 6.07) is 3.51. The van der Waals surface area contributed by atoms with Gasteiger partial charge in [-0.2, -0.15) is 0 Å². The fraction of sp³-hybridized carbons (Fsp3) is 0.462. The maximum Gasteiger partial charge on any atom is 0.303 e. The average molecular weight is 235 g/mol. The lowest BCUT2D eigenvalue weighted by Crippen LogP contribution is -1.99. The maximum absolute atomic E-state index is 11.7. The Morgan fingerprint density at radius 3 is 2.41 bits per heavy atom. The standard InChI is InChI=1S/C13H17NO3/c15-12(11-6-5-9-14-10-11)7-3-1-2-4-8-13(16)17/h5-6,9-10H,1-4,7-8H2,(H,16,17). The van der Waals surface area contributed by atoms with E-state index in [-0.39, 0.29) is 12.2 Å². The Kier molecular flexibility index (Phi) is 5.93. The number of nitrogens with zero attached hydrogens (tertiary/aromatic N) is 1. The van der Waals surface area contributed by atoms with Gasteiger partial charge in [0.15, 0.2) is 5.78 Å². The molecule has 1 heterocycles. The van der Waals surface area contributed by atoms with E-state index >= 15 is 0 Å². The molecule has 0 unspecified atom stereocenters. The molecule has 92 valence electrons. The van der Waals surface area contributed by atoms with E-state index in [1.807, 2.05) is 0 Å². The van der Waals surface area contributed by atoms with Gasteiger partial charge in [-0.25, -0.2) is 0 Å². The van der Waals surface area contributed by atoms with Crippen molar-refractivity contribution in [2.24, 2.45) is 0 Å². The van der Waals surface area contributed by atoms with Crippen LogP contribution in [0.5, 0.6) is 0 Å². The molecule has 0 bridgehead atoms. The van der Waals surface area contributed by atoms with E-state index in [9.17, 15) is 9.59 Å². The van der Waals surface area contributed by atoms with Gasteiger partial charge in [-0.3, -0.25) is 14.6 Å². The van der Waals surface area contributed by atoms with E-state index < -0.39 is 5.97 Å². The van der Waals surface area contributed by atoms with Crippen molar-refractivity contribution in [1.29, 1.82) is 0 Å². The molecule has 0 atom stereocenters. The number of ketones is 1. The summed E-state index contributed by atoms with van der Waals surface area (Å²) in [5.41, 5.74) is 0.651. The van der Waals surface area contributed by atoms with Crippen LogP contribution in [0.25, 0.3) is 0 Å². The van der Waals surface area contributed by atoms with Gasteiger partial charge in [0.25, 0.3) is 0 Å². The summed E-state index contributed by atoms with van der Waals surface area (Å²) in [4.78, 5) is 25.8. The molecule has 0 saturated heterocycles. The molecule has 0 radical (unpaired) electrons. The van der Waals surface area contributed by atoms with Crippen molar-refractivity contribution in [1.82, 2.24) is 4.98 Å². The number of carboxylic acid groups (broad SMARTS) is 1. The second-order valence-electron chi connectivity index (χ2n) is 3.97. The zero-order valence-corrected chi connectivity index (χ0v) is 9.76. The second kappa shape index (κ2) is 7.54. The highest BCUT2D eigenvalue weighted by Crippen LogP contribution is 2.09. The molecule has 1 aromatic rings. The van der Waals surface area contributed by atoms with Gasteiger partial charge in [0.2, 0.25) is 0 Å². The van der Waals surface area contributed by atoms with E-state index in [1.165, 1.54) is 0 Å². The van der Waals surface area contributed by atoms with Gasteiger partial charge in [-0.05, 0) is 25.0 Å². The van der Waals surface area contributed by atoms with Crippen LogP contribution < -0.4 is 0 Å². The van der Waals surface area contributed by atoms with Crippen LogP contribution in [0.2, 0.25) is 0 Å². The van der Waals surface area contributed by atoms with Crippen LogP contribution in [-0.2, 0) is 4.79 Å². The minimum Gasteiger partial charge on any atom is -0.481 e. The van der Waals surface area contributed by atoms with Crippen molar-refractivity contribution >= 4 is 11.8 Å². The summed E-state index contributed by atoms with van der Waals surface area (Å²) in [7, 11) is 0. The minimum absolute atomic E-state index is 0.108. The van der Waals surface area contributed by atoms with Crippen LogP contribution in [-0.4, -0.2) is 21.8 Å². The molecule has 17 heavy (non-hydrogen) atoms. The lowest BCUT2D eigenvalue weighted by atomic mass is 10.1. The molecule has 4 heteroatoms. The molecular formula is C13H17NO3. The van der Waals surface area contributed by atoms with E-state index in [0.29, 0.717) is 18.4 Å². The molecule has 1 aromatic heterocycles. The highest BCUT2D eigenvalue weighted by atomic mass is 16.4. The zero-order valence-electron chi connectivity index (χ0n) is 9.76. The number of aliphatic carboxylic acids is 1. The summed E-state index contributed by atoms with van der Waals surface area (Å²) in [6.45, 7) is 0. The van der Waals surface area contributed by atoms with Crippen molar-refractivity contribution in [3.8, 4) is 0 Å². The smallest absolute Gasteiger partial charge is 0.303 e. The molecule has 1 rings (SSSR count). The van der Waals surface area contributed by atoms with Crippen molar-refractivity contribution in [2.75, 3.05) is 0 Å². The largest absolute Gasteiger partial charge is 0.481 e. The van der Waals surface area contributed by atoms with Gasteiger partial charge < -0.3 is 5.11 Å². The van der Waals surface area contributed by atoms with Gasteiger partial charge in [0.05, 0.1) is 0 Å². The molecule has 1 N–H and O–H groups in total. The van der Waals surface area contributed by atoms with Crippen molar-refractivity contribution in [2.45, 2.75) is 38.5 Å². The maximum atomic E-state index is 11.7. The van der Waals surface area contributed by atoms with E-state index in [0.717, 1.165) is 19.3 Å². The molecule has 0 aliphatic heterocycles. The predicted octanol–water partition coefficient (Wildman–Crippen LogP) is 2.69. The third-order valence-electron chi connectivity index (χ3n) is 2.53. The topological polar surface area (TPSA) is 67.3 Å². The summed E-state index contributed by atoms with van der Waals surface area (Å²) >= 11 is 0. The summed E-state index contributed by atoms with van der Waals surface area (Å²) in [5, 5.41) is 8.45. The quantitative estimate of drug-likeness (QED) is 0.555. The monoisotopic (exact) mass is 235 g/mol. The molecular weight excluding hydrogens is 218 g/mol. The van der Waals surface area contributed by atoms with Crippen LogP contribution in [0, 0.1) is 0 Å². The van der Waals surface area contributed by atoms with E-state index in [2.05, 4.69) is 4.98 Å². The first-order valence-corrected chi connectivity index (χ1v) is 5.85. The van der Waals surface area contributed by atoms with Crippen molar-refractivity contribution in [3.63, 3.8) is 0 Å².